The average molecular weight is 217 g/mol. The van der Waals surface area contributed by atoms with E-state index < -0.39 is 0 Å². The molecule has 0 radical (unpaired) electrons. The van der Waals surface area contributed by atoms with Gasteiger partial charge in [0, 0.05) is 0 Å². The standard InChI is InChI=1S/C9H10Cl2N2/c1-6(10)9(11)13-8-5-3-2-4-7(8)12/h2-6H,12H2,1H3. The van der Waals surface area contributed by atoms with Crippen LogP contribution in [-0.4, -0.2) is 10.5 Å². The predicted octanol–water partition coefficient (Wildman–Crippen LogP) is 3.16. The van der Waals surface area contributed by atoms with E-state index in [4.69, 9.17) is 28.9 Å². The average Bonchev–Trinajstić information content (AvgIpc) is 2.08. The molecule has 13 heavy (non-hydrogen) atoms. The molecule has 1 rings (SSSR count). The molecule has 1 unspecified atom stereocenters. The molecule has 0 saturated carbocycles. The number of para-hydroxylation sites is 2. The van der Waals surface area contributed by atoms with Crippen molar-refractivity contribution in [1.29, 1.82) is 0 Å². The molecule has 0 aromatic heterocycles. The summed E-state index contributed by atoms with van der Waals surface area (Å²) in [7, 11) is 0. The summed E-state index contributed by atoms with van der Waals surface area (Å²) >= 11 is 11.5. The van der Waals surface area contributed by atoms with Gasteiger partial charge in [-0.3, -0.25) is 0 Å². The Hall–Kier alpha value is -0.730. The molecule has 0 fully saturated rings. The van der Waals surface area contributed by atoms with Crippen LogP contribution in [-0.2, 0) is 0 Å². The number of rotatable bonds is 2. The third-order valence-electron chi connectivity index (χ3n) is 1.49. The van der Waals surface area contributed by atoms with Crippen molar-refractivity contribution >= 4 is 39.7 Å². The molecule has 2 N–H and O–H groups in total. The van der Waals surface area contributed by atoms with Crippen LogP contribution >= 0.6 is 23.2 Å². The van der Waals surface area contributed by atoms with Gasteiger partial charge in [-0.2, -0.15) is 0 Å². The lowest BCUT2D eigenvalue weighted by Gasteiger charge is -2.02. The van der Waals surface area contributed by atoms with E-state index in [2.05, 4.69) is 4.99 Å². The van der Waals surface area contributed by atoms with Crippen LogP contribution in [0.5, 0.6) is 0 Å². The Morgan fingerprint density at radius 2 is 2.08 bits per heavy atom. The molecular formula is C9H10Cl2N2. The van der Waals surface area contributed by atoms with E-state index in [0.717, 1.165) is 0 Å². The number of halogens is 2. The largest absolute Gasteiger partial charge is 0.397 e. The predicted molar refractivity (Wildman–Crippen MR) is 59.1 cm³/mol. The minimum absolute atomic E-state index is 0.290. The molecule has 4 heteroatoms. The molecule has 0 bridgehead atoms. The van der Waals surface area contributed by atoms with Crippen molar-refractivity contribution in [2.24, 2.45) is 4.99 Å². The lowest BCUT2D eigenvalue weighted by Crippen LogP contribution is -2.01. The number of hydrogen-bond donors (Lipinski definition) is 1. The van der Waals surface area contributed by atoms with Gasteiger partial charge < -0.3 is 5.73 Å². The second kappa shape index (κ2) is 4.49. The molecule has 0 aliphatic heterocycles. The van der Waals surface area contributed by atoms with Gasteiger partial charge in [-0.25, -0.2) is 4.99 Å². The van der Waals surface area contributed by atoms with Gasteiger partial charge in [0.15, 0.2) is 0 Å². The minimum atomic E-state index is -0.290. The summed E-state index contributed by atoms with van der Waals surface area (Å²) in [4.78, 5) is 4.08. The number of benzene rings is 1. The Labute approximate surface area is 87.4 Å². The van der Waals surface area contributed by atoms with Crippen molar-refractivity contribution in [2.45, 2.75) is 12.3 Å². The maximum Gasteiger partial charge on any atom is 0.124 e. The van der Waals surface area contributed by atoms with Crippen molar-refractivity contribution in [3.8, 4) is 0 Å². The second-order valence-corrected chi connectivity index (χ2v) is 3.65. The van der Waals surface area contributed by atoms with Crippen LogP contribution in [0, 0.1) is 0 Å². The number of alkyl halides is 1. The van der Waals surface area contributed by atoms with Gasteiger partial charge in [0.05, 0.1) is 16.8 Å². The molecule has 0 aliphatic rings. The van der Waals surface area contributed by atoms with Crippen molar-refractivity contribution in [3.63, 3.8) is 0 Å². The maximum atomic E-state index is 5.78. The van der Waals surface area contributed by atoms with Crippen molar-refractivity contribution < 1.29 is 0 Å². The molecule has 1 atom stereocenters. The van der Waals surface area contributed by atoms with Crippen LogP contribution in [0.4, 0.5) is 11.4 Å². The number of nitrogen functional groups attached to an aromatic ring is 1. The number of hydrogen-bond acceptors (Lipinski definition) is 2. The summed E-state index contributed by atoms with van der Waals surface area (Å²) in [6, 6.07) is 7.24. The monoisotopic (exact) mass is 216 g/mol. The topological polar surface area (TPSA) is 38.4 Å². The van der Waals surface area contributed by atoms with E-state index in [1.165, 1.54) is 0 Å². The van der Waals surface area contributed by atoms with E-state index in [0.29, 0.717) is 16.5 Å². The van der Waals surface area contributed by atoms with Crippen LogP contribution in [0.1, 0.15) is 6.92 Å². The van der Waals surface area contributed by atoms with Crippen molar-refractivity contribution in [2.75, 3.05) is 5.73 Å². The summed E-state index contributed by atoms with van der Waals surface area (Å²) in [6.45, 7) is 1.76. The quantitative estimate of drug-likeness (QED) is 0.461. The molecule has 0 spiro atoms. The van der Waals surface area contributed by atoms with Gasteiger partial charge in [0.2, 0.25) is 0 Å². The summed E-state index contributed by atoms with van der Waals surface area (Å²) < 4.78 is 0. The lowest BCUT2D eigenvalue weighted by atomic mass is 10.3. The van der Waals surface area contributed by atoms with Gasteiger partial charge in [0.1, 0.15) is 5.17 Å². The van der Waals surface area contributed by atoms with Gasteiger partial charge in [0.25, 0.3) is 0 Å². The zero-order valence-electron chi connectivity index (χ0n) is 7.17. The fraction of sp³-hybridized carbons (Fsp3) is 0.222. The number of nitrogens with two attached hydrogens (primary N) is 1. The fourth-order valence-corrected chi connectivity index (χ4v) is 0.933. The number of nitrogens with zero attached hydrogens (tertiary/aromatic N) is 1. The smallest absolute Gasteiger partial charge is 0.124 e. The molecule has 70 valence electrons. The van der Waals surface area contributed by atoms with Crippen LogP contribution in [0.2, 0.25) is 0 Å². The van der Waals surface area contributed by atoms with Crippen LogP contribution in [0.15, 0.2) is 29.3 Å². The highest BCUT2D eigenvalue weighted by molar-refractivity contribution is 6.71. The van der Waals surface area contributed by atoms with E-state index in [-0.39, 0.29) is 5.38 Å². The van der Waals surface area contributed by atoms with E-state index in [1.54, 1.807) is 19.1 Å². The number of anilines is 1. The van der Waals surface area contributed by atoms with E-state index >= 15 is 0 Å². The van der Waals surface area contributed by atoms with Crippen molar-refractivity contribution in [1.82, 2.24) is 0 Å². The molecule has 0 aliphatic carbocycles. The van der Waals surface area contributed by atoms with Crippen LogP contribution < -0.4 is 5.73 Å². The van der Waals surface area contributed by atoms with Gasteiger partial charge in [-0.1, -0.05) is 23.7 Å². The van der Waals surface area contributed by atoms with Gasteiger partial charge in [-0.05, 0) is 19.1 Å². The third-order valence-corrected chi connectivity index (χ3v) is 2.22. The highest BCUT2D eigenvalue weighted by atomic mass is 35.5. The summed E-state index contributed by atoms with van der Waals surface area (Å²) in [5, 5.41) is 0.0563. The Bertz CT molecular complexity index is 321. The van der Waals surface area contributed by atoms with E-state index in [1.807, 2.05) is 12.1 Å². The zero-order valence-corrected chi connectivity index (χ0v) is 8.68. The first kappa shape index (κ1) is 10.4. The first-order valence-corrected chi connectivity index (χ1v) is 4.65. The van der Waals surface area contributed by atoms with Gasteiger partial charge >= 0.3 is 0 Å². The normalized spacial score (nSPS) is 14.2. The third kappa shape index (κ3) is 2.90. The molecule has 0 saturated heterocycles. The molecule has 1 aromatic rings. The summed E-state index contributed by atoms with van der Waals surface area (Å²) in [5.41, 5.74) is 6.91. The molecule has 2 nitrogen and oxygen atoms in total. The van der Waals surface area contributed by atoms with E-state index in [9.17, 15) is 0 Å². The Balaban J connectivity index is 2.97. The highest BCUT2D eigenvalue weighted by Crippen LogP contribution is 2.22. The summed E-state index contributed by atoms with van der Waals surface area (Å²) in [6.07, 6.45) is 0. The highest BCUT2D eigenvalue weighted by Gasteiger charge is 2.04. The minimum Gasteiger partial charge on any atom is -0.397 e. The Morgan fingerprint density at radius 3 is 2.62 bits per heavy atom. The van der Waals surface area contributed by atoms with Crippen LogP contribution in [0.25, 0.3) is 0 Å². The SMILES string of the molecule is CC(Cl)C(Cl)=Nc1ccccc1N. The Morgan fingerprint density at radius 1 is 1.46 bits per heavy atom. The van der Waals surface area contributed by atoms with Crippen LogP contribution in [0.3, 0.4) is 0 Å². The van der Waals surface area contributed by atoms with Gasteiger partial charge in [-0.15, -0.1) is 11.6 Å². The zero-order chi connectivity index (χ0) is 9.84. The number of aliphatic imine (C=N–C) groups is 1. The molecule has 0 amide bonds. The fourth-order valence-electron chi connectivity index (χ4n) is 0.793. The molecular weight excluding hydrogens is 207 g/mol. The second-order valence-electron chi connectivity index (χ2n) is 2.61. The molecule has 0 heterocycles. The first-order valence-electron chi connectivity index (χ1n) is 3.84. The maximum absolute atomic E-state index is 5.78. The Kier molecular flexibility index (Phi) is 3.58. The first-order chi connectivity index (χ1) is 6.11. The lowest BCUT2D eigenvalue weighted by molar-refractivity contribution is 1.30. The van der Waals surface area contributed by atoms with Crippen molar-refractivity contribution in [3.05, 3.63) is 24.3 Å². The summed E-state index contributed by atoms with van der Waals surface area (Å²) in [5.74, 6) is 0. The molecule has 1 aromatic carbocycles.